The fourth-order valence-corrected chi connectivity index (χ4v) is 1.96. The molecule has 0 aliphatic carbocycles. The molecule has 1 amide bonds. The number of carbonyl (C=O) groups is 1. The summed E-state index contributed by atoms with van der Waals surface area (Å²) < 4.78 is 6.00. The van der Waals surface area contributed by atoms with Crippen LogP contribution in [0.5, 0.6) is 5.75 Å². The molecule has 19 heavy (non-hydrogen) atoms. The summed E-state index contributed by atoms with van der Waals surface area (Å²) in [6, 6.07) is 9.53. The van der Waals surface area contributed by atoms with E-state index in [1.165, 1.54) is 0 Å². The third-order valence-corrected chi connectivity index (χ3v) is 3.51. The average molecular weight is 263 g/mol. The first-order chi connectivity index (χ1) is 8.91. The third-order valence-electron chi connectivity index (χ3n) is 3.51. The molecule has 0 saturated heterocycles. The number of likely N-dealkylation sites (N-methyl/N-ethyl adjacent to an activating group) is 1. The first kappa shape index (κ1) is 15.5. The zero-order valence-electron chi connectivity index (χ0n) is 12.6. The maximum absolute atomic E-state index is 12.6. The lowest BCUT2D eigenvalue weighted by Crippen LogP contribution is -2.53. The van der Waals surface area contributed by atoms with Crippen molar-refractivity contribution in [1.29, 1.82) is 0 Å². The molecule has 0 aliphatic rings. The molecule has 1 aromatic carbocycles. The monoisotopic (exact) mass is 263 g/mol. The van der Waals surface area contributed by atoms with Crippen molar-refractivity contribution in [2.75, 3.05) is 13.6 Å². The number of para-hydroxylation sites is 1. The first-order valence-corrected chi connectivity index (χ1v) is 6.91. The number of rotatable bonds is 6. The van der Waals surface area contributed by atoms with E-state index in [4.69, 9.17) is 4.74 Å². The number of hydrogen-bond donors (Lipinski definition) is 0. The molecule has 0 saturated carbocycles. The Morgan fingerprint density at radius 1 is 1.32 bits per heavy atom. The van der Waals surface area contributed by atoms with Gasteiger partial charge >= 0.3 is 0 Å². The fraction of sp³-hybridized carbons (Fsp3) is 0.562. The maximum Gasteiger partial charge on any atom is 0.266 e. The molecule has 0 heterocycles. The van der Waals surface area contributed by atoms with Crippen LogP contribution >= 0.6 is 0 Å². The molecule has 0 spiro atoms. The first-order valence-electron chi connectivity index (χ1n) is 6.91. The smallest absolute Gasteiger partial charge is 0.266 e. The summed E-state index contributed by atoms with van der Waals surface area (Å²) in [5.74, 6) is 0.865. The van der Waals surface area contributed by atoms with Gasteiger partial charge in [-0.25, -0.2) is 0 Å². The summed E-state index contributed by atoms with van der Waals surface area (Å²) in [4.78, 5) is 14.4. The molecule has 0 bridgehead atoms. The SMILES string of the molecule is CCCN(C)C(=O)[C@](C)(Oc1ccccc1)C(C)C. The van der Waals surface area contributed by atoms with E-state index in [2.05, 4.69) is 6.92 Å². The van der Waals surface area contributed by atoms with E-state index in [-0.39, 0.29) is 11.8 Å². The summed E-state index contributed by atoms with van der Waals surface area (Å²) in [6.45, 7) is 8.72. The van der Waals surface area contributed by atoms with Gasteiger partial charge in [-0.3, -0.25) is 4.79 Å². The van der Waals surface area contributed by atoms with Crippen LogP contribution in [-0.4, -0.2) is 30.0 Å². The maximum atomic E-state index is 12.6. The minimum absolute atomic E-state index is 0.0354. The molecule has 106 valence electrons. The van der Waals surface area contributed by atoms with E-state index in [0.29, 0.717) is 0 Å². The molecular weight excluding hydrogens is 238 g/mol. The van der Waals surface area contributed by atoms with E-state index in [1.54, 1.807) is 4.90 Å². The predicted molar refractivity (Wildman–Crippen MR) is 78.2 cm³/mol. The zero-order chi connectivity index (χ0) is 14.5. The van der Waals surface area contributed by atoms with Gasteiger partial charge in [-0.1, -0.05) is 39.0 Å². The lowest BCUT2D eigenvalue weighted by atomic mass is 9.90. The minimum atomic E-state index is -0.828. The van der Waals surface area contributed by atoms with Crippen LogP contribution in [0.4, 0.5) is 0 Å². The fourth-order valence-electron chi connectivity index (χ4n) is 1.96. The van der Waals surface area contributed by atoms with Crippen LogP contribution in [0.25, 0.3) is 0 Å². The van der Waals surface area contributed by atoms with Crippen LogP contribution < -0.4 is 4.74 Å². The Balaban J connectivity index is 2.94. The van der Waals surface area contributed by atoms with Gasteiger partial charge in [0.15, 0.2) is 5.60 Å². The predicted octanol–water partition coefficient (Wildman–Crippen LogP) is 3.35. The number of amides is 1. The lowest BCUT2D eigenvalue weighted by molar-refractivity contribution is -0.149. The van der Waals surface area contributed by atoms with Gasteiger partial charge < -0.3 is 9.64 Å². The minimum Gasteiger partial charge on any atom is -0.477 e. The quantitative estimate of drug-likeness (QED) is 0.787. The molecule has 1 atom stereocenters. The number of carbonyl (C=O) groups excluding carboxylic acids is 1. The molecule has 0 aliphatic heterocycles. The summed E-state index contributed by atoms with van der Waals surface area (Å²) in [5.41, 5.74) is -0.828. The van der Waals surface area contributed by atoms with Crippen LogP contribution in [0.1, 0.15) is 34.1 Å². The molecule has 0 N–H and O–H groups in total. The van der Waals surface area contributed by atoms with Crippen LogP contribution in [0.2, 0.25) is 0 Å². The Hall–Kier alpha value is -1.51. The Labute approximate surface area is 116 Å². The topological polar surface area (TPSA) is 29.5 Å². The highest BCUT2D eigenvalue weighted by Crippen LogP contribution is 2.27. The van der Waals surface area contributed by atoms with Gasteiger partial charge in [0.2, 0.25) is 0 Å². The third kappa shape index (κ3) is 3.72. The van der Waals surface area contributed by atoms with Gasteiger partial charge in [0.05, 0.1) is 0 Å². The van der Waals surface area contributed by atoms with Gasteiger partial charge in [-0.2, -0.15) is 0 Å². The normalized spacial score (nSPS) is 14.0. The van der Waals surface area contributed by atoms with Gasteiger partial charge in [0.1, 0.15) is 5.75 Å². The average Bonchev–Trinajstić information content (AvgIpc) is 2.39. The number of nitrogens with zero attached hydrogens (tertiary/aromatic N) is 1. The second-order valence-electron chi connectivity index (χ2n) is 5.40. The van der Waals surface area contributed by atoms with Crippen molar-refractivity contribution in [3.63, 3.8) is 0 Å². The van der Waals surface area contributed by atoms with Gasteiger partial charge in [0.25, 0.3) is 5.91 Å². The second-order valence-corrected chi connectivity index (χ2v) is 5.40. The van der Waals surface area contributed by atoms with Crippen molar-refractivity contribution in [2.45, 2.75) is 39.7 Å². The molecular formula is C16H25NO2. The zero-order valence-corrected chi connectivity index (χ0v) is 12.6. The number of ether oxygens (including phenoxy) is 1. The number of benzene rings is 1. The highest BCUT2D eigenvalue weighted by Gasteiger charge is 2.40. The molecule has 0 fully saturated rings. The molecule has 1 rings (SSSR count). The molecule has 0 radical (unpaired) electrons. The Bertz CT molecular complexity index is 402. The van der Waals surface area contributed by atoms with E-state index < -0.39 is 5.60 Å². The van der Waals surface area contributed by atoms with E-state index in [9.17, 15) is 4.79 Å². The second kappa shape index (κ2) is 6.60. The highest BCUT2D eigenvalue weighted by molar-refractivity contribution is 5.85. The van der Waals surface area contributed by atoms with Crippen molar-refractivity contribution in [3.05, 3.63) is 30.3 Å². The van der Waals surface area contributed by atoms with Crippen molar-refractivity contribution in [1.82, 2.24) is 4.90 Å². The molecule has 3 heteroatoms. The Morgan fingerprint density at radius 2 is 1.89 bits per heavy atom. The van der Waals surface area contributed by atoms with Crippen LogP contribution in [-0.2, 0) is 4.79 Å². The largest absolute Gasteiger partial charge is 0.477 e. The van der Waals surface area contributed by atoms with Gasteiger partial charge in [0, 0.05) is 19.5 Å². The van der Waals surface area contributed by atoms with Crippen molar-refractivity contribution < 1.29 is 9.53 Å². The molecule has 3 nitrogen and oxygen atoms in total. The van der Waals surface area contributed by atoms with Gasteiger partial charge in [-0.05, 0) is 25.5 Å². The molecule has 1 aromatic rings. The van der Waals surface area contributed by atoms with E-state index in [1.807, 2.05) is 58.2 Å². The summed E-state index contributed by atoms with van der Waals surface area (Å²) >= 11 is 0. The van der Waals surface area contributed by atoms with E-state index in [0.717, 1.165) is 18.7 Å². The van der Waals surface area contributed by atoms with Crippen LogP contribution in [0.3, 0.4) is 0 Å². The standard InChI is InChI=1S/C16H25NO2/c1-6-12-17(5)15(18)16(4,13(2)3)19-14-10-8-7-9-11-14/h7-11,13H,6,12H2,1-5H3/t16-/m1/s1. The Kier molecular flexibility index (Phi) is 5.40. The van der Waals surface area contributed by atoms with E-state index >= 15 is 0 Å². The van der Waals surface area contributed by atoms with Gasteiger partial charge in [-0.15, -0.1) is 0 Å². The van der Waals surface area contributed by atoms with Crippen molar-refractivity contribution in [3.8, 4) is 5.75 Å². The summed E-state index contributed by atoms with van der Waals surface area (Å²) in [7, 11) is 1.83. The van der Waals surface area contributed by atoms with Crippen LogP contribution in [0, 0.1) is 5.92 Å². The van der Waals surface area contributed by atoms with Crippen molar-refractivity contribution in [2.24, 2.45) is 5.92 Å². The van der Waals surface area contributed by atoms with Crippen molar-refractivity contribution >= 4 is 5.91 Å². The molecule has 0 aromatic heterocycles. The number of hydrogen-bond acceptors (Lipinski definition) is 2. The lowest BCUT2D eigenvalue weighted by Gasteiger charge is -2.36. The summed E-state index contributed by atoms with van der Waals surface area (Å²) in [5, 5.41) is 0. The van der Waals surface area contributed by atoms with Crippen LogP contribution in [0.15, 0.2) is 30.3 Å². The Morgan fingerprint density at radius 3 is 2.37 bits per heavy atom. The molecule has 0 unspecified atom stereocenters. The highest BCUT2D eigenvalue weighted by atomic mass is 16.5. The summed E-state index contributed by atoms with van der Waals surface area (Å²) in [6.07, 6.45) is 0.946.